The third-order valence-corrected chi connectivity index (χ3v) is 4.38. The van der Waals surface area contributed by atoms with E-state index in [4.69, 9.17) is 25.8 Å². The number of alkyl halides is 1. The minimum atomic E-state index is -0.322. The van der Waals surface area contributed by atoms with Crippen LogP contribution in [-0.4, -0.2) is 21.3 Å². The standard InChI is InChI=1S/C16H16ClIO3/c1-19-13-9-8-12(15(20-2)16(13)21-3)14(17)10-4-6-11(18)7-5-10/h4-9,14H,1-3H3. The van der Waals surface area contributed by atoms with E-state index in [0.717, 1.165) is 11.1 Å². The topological polar surface area (TPSA) is 27.7 Å². The third kappa shape index (κ3) is 3.37. The Balaban J connectivity index is 2.50. The van der Waals surface area contributed by atoms with Crippen molar-refractivity contribution in [2.45, 2.75) is 5.38 Å². The van der Waals surface area contributed by atoms with Gasteiger partial charge >= 0.3 is 0 Å². The fraction of sp³-hybridized carbons (Fsp3) is 0.250. The molecule has 3 nitrogen and oxygen atoms in total. The number of ether oxygens (including phenoxy) is 3. The number of methoxy groups -OCH3 is 3. The van der Waals surface area contributed by atoms with Gasteiger partial charge < -0.3 is 14.2 Å². The summed E-state index contributed by atoms with van der Waals surface area (Å²) in [5.74, 6) is 1.76. The van der Waals surface area contributed by atoms with Crippen molar-refractivity contribution in [2.24, 2.45) is 0 Å². The van der Waals surface area contributed by atoms with E-state index in [1.165, 1.54) is 3.57 Å². The first-order chi connectivity index (χ1) is 10.1. The van der Waals surface area contributed by atoms with E-state index in [0.29, 0.717) is 17.2 Å². The van der Waals surface area contributed by atoms with Crippen LogP contribution in [0.25, 0.3) is 0 Å². The summed E-state index contributed by atoms with van der Waals surface area (Å²) in [6, 6.07) is 11.8. The number of hydrogen-bond acceptors (Lipinski definition) is 3. The van der Waals surface area contributed by atoms with Gasteiger partial charge in [0.25, 0.3) is 0 Å². The van der Waals surface area contributed by atoms with Crippen molar-refractivity contribution in [3.8, 4) is 17.2 Å². The minimum Gasteiger partial charge on any atom is -0.493 e. The van der Waals surface area contributed by atoms with Crippen molar-refractivity contribution in [1.29, 1.82) is 0 Å². The summed E-state index contributed by atoms with van der Waals surface area (Å²) >= 11 is 8.88. The molecule has 0 heterocycles. The molecule has 1 atom stereocenters. The lowest BCUT2D eigenvalue weighted by Crippen LogP contribution is -2.01. The molecule has 0 saturated carbocycles. The van der Waals surface area contributed by atoms with Gasteiger partial charge in [-0.05, 0) is 52.4 Å². The number of rotatable bonds is 5. The van der Waals surface area contributed by atoms with Gasteiger partial charge in [0, 0.05) is 9.13 Å². The van der Waals surface area contributed by atoms with Crippen molar-refractivity contribution < 1.29 is 14.2 Å². The van der Waals surface area contributed by atoms with Gasteiger partial charge in [-0.1, -0.05) is 12.1 Å². The van der Waals surface area contributed by atoms with Crippen LogP contribution in [0.15, 0.2) is 36.4 Å². The molecule has 0 aliphatic heterocycles. The minimum absolute atomic E-state index is 0.322. The zero-order valence-electron chi connectivity index (χ0n) is 12.0. The Morgan fingerprint density at radius 1 is 0.857 bits per heavy atom. The largest absolute Gasteiger partial charge is 0.493 e. The lowest BCUT2D eigenvalue weighted by Gasteiger charge is -2.19. The van der Waals surface area contributed by atoms with E-state index in [1.807, 2.05) is 36.4 Å². The Morgan fingerprint density at radius 3 is 2.00 bits per heavy atom. The Morgan fingerprint density at radius 2 is 1.48 bits per heavy atom. The van der Waals surface area contributed by atoms with E-state index in [-0.39, 0.29) is 5.38 Å². The zero-order valence-corrected chi connectivity index (χ0v) is 14.9. The normalized spacial score (nSPS) is 11.9. The molecule has 112 valence electrons. The van der Waals surface area contributed by atoms with Crippen LogP contribution >= 0.6 is 34.2 Å². The van der Waals surface area contributed by atoms with Gasteiger partial charge in [-0.25, -0.2) is 0 Å². The van der Waals surface area contributed by atoms with Crippen LogP contribution in [0.3, 0.4) is 0 Å². The first-order valence-electron chi connectivity index (χ1n) is 6.30. The molecule has 0 radical (unpaired) electrons. The Kier molecular flexibility index (Phi) is 5.58. The molecule has 5 heteroatoms. The molecule has 0 spiro atoms. The highest BCUT2D eigenvalue weighted by Gasteiger charge is 2.22. The van der Waals surface area contributed by atoms with Crippen molar-refractivity contribution in [2.75, 3.05) is 21.3 Å². The molecule has 0 amide bonds. The fourth-order valence-corrected chi connectivity index (χ4v) is 2.81. The molecule has 0 N–H and O–H groups in total. The van der Waals surface area contributed by atoms with Crippen LogP contribution in [-0.2, 0) is 0 Å². The number of hydrogen-bond donors (Lipinski definition) is 0. The Labute approximate surface area is 143 Å². The van der Waals surface area contributed by atoms with Gasteiger partial charge in [0.1, 0.15) is 0 Å². The molecule has 0 saturated heterocycles. The molecule has 0 aliphatic rings. The van der Waals surface area contributed by atoms with Crippen LogP contribution < -0.4 is 14.2 Å². The van der Waals surface area contributed by atoms with Crippen molar-refractivity contribution >= 4 is 34.2 Å². The molecule has 1 unspecified atom stereocenters. The molecule has 2 aromatic carbocycles. The summed E-state index contributed by atoms with van der Waals surface area (Å²) in [5, 5.41) is -0.322. The average Bonchev–Trinajstić information content (AvgIpc) is 2.53. The fourth-order valence-electron chi connectivity index (χ4n) is 2.14. The van der Waals surface area contributed by atoms with E-state index in [9.17, 15) is 0 Å². The summed E-state index contributed by atoms with van der Waals surface area (Å²) in [7, 11) is 4.77. The smallest absolute Gasteiger partial charge is 0.203 e. The highest BCUT2D eigenvalue weighted by molar-refractivity contribution is 14.1. The summed E-state index contributed by atoms with van der Waals surface area (Å²) in [6.07, 6.45) is 0. The first kappa shape index (κ1) is 16.2. The summed E-state index contributed by atoms with van der Waals surface area (Å²) in [5.41, 5.74) is 1.85. The molecule has 0 bridgehead atoms. The maximum absolute atomic E-state index is 6.61. The third-order valence-electron chi connectivity index (χ3n) is 3.17. The van der Waals surface area contributed by atoms with Crippen LogP contribution in [0, 0.1) is 3.57 Å². The SMILES string of the molecule is COc1ccc(C(Cl)c2ccc(I)cc2)c(OC)c1OC. The highest BCUT2D eigenvalue weighted by Crippen LogP contribution is 2.45. The molecule has 0 aliphatic carbocycles. The van der Waals surface area contributed by atoms with E-state index in [1.54, 1.807) is 21.3 Å². The predicted molar refractivity (Wildman–Crippen MR) is 93.0 cm³/mol. The Hall–Kier alpha value is -1.14. The van der Waals surface area contributed by atoms with Crippen molar-refractivity contribution in [3.63, 3.8) is 0 Å². The molecule has 2 rings (SSSR count). The second-order valence-corrected chi connectivity index (χ2v) is 6.02. The van der Waals surface area contributed by atoms with Gasteiger partial charge in [-0.2, -0.15) is 0 Å². The van der Waals surface area contributed by atoms with Crippen LogP contribution in [0.4, 0.5) is 0 Å². The monoisotopic (exact) mass is 418 g/mol. The van der Waals surface area contributed by atoms with Crippen LogP contribution in [0.2, 0.25) is 0 Å². The lowest BCUT2D eigenvalue weighted by atomic mass is 10.0. The van der Waals surface area contributed by atoms with Gasteiger partial charge in [-0.3, -0.25) is 0 Å². The van der Waals surface area contributed by atoms with E-state index >= 15 is 0 Å². The molecule has 0 aromatic heterocycles. The van der Waals surface area contributed by atoms with Gasteiger partial charge in [0.15, 0.2) is 11.5 Å². The average molecular weight is 419 g/mol. The molecule has 21 heavy (non-hydrogen) atoms. The lowest BCUT2D eigenvalue weighted by molar-refractivity contribution is 0.322. The summed E-state index contributed by atoms with van der Waals surface area (Å²) < 4.78 is 17.3. The van der Waals surface area contributed by atoms with Crippen LogP contribution in [0.5, 0.6) is 17.2 Å². The van der Waals surface area contributed by atoms with Crippen LogP contribution in [0.1, 0.15) is 16.5 Å². The Bertz CT molecular complexity index is 614. The first-order valence-corrected chi connectivity index (χ1v) is 7.82. The molecular formula is C16H16ClIO3. The van der Waals surface area contributed by atoms with Gasteiger partial charge in [0.05, 0.1) is 26.7 Å². The number of halogens is 2. The van der Waals surface area contributed by atoms with Gasteiger partial charge in [-0.15, -0.1) is 11.6 Å². The van der Waals surface area contributed by atoms with Crippen molar-refractivity contribution in [1.82, 2.24) is 0 Å². The van der Waals surface area contributed by atoms with E-state index < -0.39 is 0 Å². The predicted octanol–water partition coefficient (Wildman–Crippen LogP) is 4.65. The van der Waals surface area contributed by atoms with E-state index in [2.05, 4.69) is 22.6 Å². The second kappa shape index (κ2) is 7.22. The van der Waals surface area contributed by atoms with Gasteiger partial charge in [0.2, 0.25) is 5.75 Å². The molecular weight excluding hydrogens is 403 g/mol. The summed E-state index contributed by atoms with van der Waals surface area (Å²) in [6.45, 7) is 0. The maximum Gasteiger partial charge on any atom is 0.203 e. The highest BCUT2D eigenvalue weighted by atomic mass is 127. The molecule has 2 aromatic rings. The molecule has 0 fully saturated rings. The quantitative estimate of drug-likeness (QED) is 0.523. The van der Waals surface area contributed by atoms with Crippen molar-refractivity contribution in [3.05, 3.63) is 51.1 Å². The number of benzene rings is 2. The zero-order chi connectivity index (χ0) is 15.4. The summed E-state index contributed by atoms with van der Waals surface area (Å²) in [4.78, 5) is 0. The second-order valence-electron chi connectivity index (χ2n) is 4.34. The maximum atomic E-state index is 6.61.